The highest BCUT2D eigenvalue weighted by Gasteiger charge is 2.18. The summed E-state index contributed by atoms with van der Waals surface area (Å²) in [5, 5.41) is 0. The molecule has 0 aromatic carbocycles. The monoisotopic (exact) mass is 170 g/mol. The van der Waals surface area contributed by atoms with E-state index in [1.54, 1.807) is 0 Å². The summed E-state index contributed by atoms with van der Waals surface area (Å²) in [6.07, 6.45) is 5.72. The molecule has 0 atom stereocenters. The minimum Gasteiger partial charge on any atom is -0.308 e. The number of rotatable bonds is 4. The first kappa shape index (κ1) is 10.0. The third-order valence-electron chi connectivity index (χ3n) is 2.85. The summed E-state index contributed by atoms with van der Waals surface area (Å²) < 4.78 is 0. The van der Waals surface area contributed by atoms with E-state index in [1.165, 1.54) is 38.8 Å². The van der Waals surface area contributed by atoms with Crippen molar-refractivity contribution in [1.82, 2.24) is 9.80 Å². The van der Waals surface area contributed by atoms with Gasteiger partial charge in [0.05, 0.1) is 0 Å². The molecule has 12 heavy (non-hydrogen) atoms. The average Bonchev–Trinajstić information content (AvgIpc) is 2.51. The van der Waals surface area contributed by atoms with Gasteiger partial charge in [-0.3, -0.25) is 0 Å². The molecule has 0 spiro atoms. The predicted molar refractivity (Wildman–Crippen MR) is 53.4 cm³/mol. The fourth-order valence-corrected chi connectivity index (χ4v) is 1.89. The Labute approximate surface area is 76.5 Å². The van der Waals surface area contributed by atoms with E-state index in [0.29, 0.717) is 0 Å². The van der Waals surface area contributed by atoms with Gasteiger partial charge in [0.25, 0.3) is 0 Å². The molecule has 2 nitrogen and oxygen atoms in total. The van der Waals surface area contributed by atoms with E-state index in [2.05, 4.69) is 30.9 Å². The Morgan fingerprint density at radius 1 is 1.00 bits per heavy atom. The van der Waals surface area contributed by atoms with E-state index in [-0.39, 0.29) is 0 Å². The molecule has 1 fully saturated rings. The van der Waals surface area contributed by atoms with Gasteiger partial charge in [-0.25, -0.2) is 0 Å². The normalized spacial score (nSPS) is 19.8. The highest BCUT2D eigenvalue weighted by Crippen LogP contribution is 2.21. The lowest BCUT2D eigenvalue weighted by atomic mass is 10.2. The van der Waals surface area contributed by atoms with Crippen LogP contribution >= 0.6 is 0 Å². The van der Waals surface area contributed by atoms with Gasteiger partial charge in [-0.05, 0) is 34.0 Å². The van der Waals surface area contributed by atoms with Gasteiger partial charge in [0.1, 0.15) is 0 Å². The van der Waals surface area contributed by atoms with Gasteiger partial charge in [-0.15, -0.1) is 0 Å². The van der Waals surface area contributed by atoms with Crippen molar-refractivity contribution in [3.63, 3.8) is 0 Å². The zero-order valence-corrected chi connectivity index (χ0v) is 8.71. The summed E-state index contributed by atoms with van der Waals surface area (Å²) in [7, 11) is 6.55. The predicted octanol–water partition coefficient (Wildman–Crippen LogP) is 1.42. The van der Waals surface area contributed by atoms with Crippen molar-refractivity contribution in [1.29, 1.82) is 0 Å². The van der Waals surface area contributed by atoms with Crippen LogP contribution in [0, 0.1) is 0 Å². The minimum atomic E-state index is 0.880. The summed E-state index contributed by atoms with van der Waals surface area (Å²) in [6, 6.07) is 0.880. The zero-order chi connectivity index (χ0) is 8.97. The largest absolute Gasteiger partial charge is 0.308 e. The van der Waals surface area contributed by atoms with Gasteiger partial charge in [0.2, 0.25) is 0 Å². The molecule has 1 aliphatic rings. The molecule has 0 heterocycles. The van der Waals surface area contributed by atoms with Gasteiger partial charge in [0, 0.05) is 19.1 Å². The van der Waals surface area contributed by atoms with Crippen LogP contribution in [0.5, 0.6) is 0 Å². The van der Waals surface area contributed by atoms with Crippen molar-refractivity contribution in [2.75, 3.05) is 34.2 Å². The van der Waals surface area contributed by atoms with Crippen LogP contribution in [0.4, 0.5) is 0 Å². The maximum atomic E-state index is 2.52. The lowest BCUT2D eigenvalue weighted by Gasteiger charge is -2.25. The van der Waals surface area contributed by atoms with E-state index in [1.807, 2.05) is 0 Å². The first-order valence-electron chi connectivity index (χ1n) is 5.05. The van der Waals surface area contributed by atoms with Gasteiger partial charge in [0.15, 0.2) is 0 Å². The summed E-state index contributed by atoms with van der Waals surface area (Å²) in [6.45, 7) is 2.41. The van der Waals surface area contributed by atoms with Crippen LogP contribution in [-0.2, 0) is 0 Å². The smallest absolute Gasteiger partial charge is 0.0109 e. The van der Waals surface area contributed by atoms with Crippen LogP contribution in [0.15, 0.2) is 0 Å². The van der Waals surface area contributed by atoms with Crippen molar-refractivity contribution >= 4 is 0 Å². The fourth-order valence-electron chi connectivity index (χ4n) is 1.89. The molecule has 0 bridgehead atoms. The average molecular weight is 170 g/mol. The highest BCUT2D eigenvalue weighted by molar-refractivity contribution is 4.75. The lowest BCUT2D eigenvalue weighted by Crippen LogP contribution is -2.35. The molecule has 0 N–H and O–H groups in total. The van der Waals surface area contributed by atoms with Crippen LogP contribution in [0.3, 0.4) is 0 Å². The van der Waals surface area contributed by atoms with Gasteiger partial charge < -0.3 is 9.80 Å². The number of nitrogens with zero attached hydrogens (tertiary/aromatic N) is 2. The Bertz CT molecular complexity index is 117. The van der Waals surface area contributed by atoms with E-state index in [9.17, 15) is 0 Å². The molecule has 1 saturated carbocycles. The summed E-state index contributed by atoms with van der Waals surface area (Å²) in [4.78, 5) is 4.78. The molecule has 0 amide bonds. The molecule has 72 valence electrons. The molecule has 0 radical (unpaired) electrons. The summed E-state index contributed by atoms with van der Waals surface area (Å²) >= 11 is 0. The topological polar surface area (TPSA) is 6.48 Å². The third kappa shape index (κ3) is 3.11. The van der Waals surface area contributed by atoms with Crippen molar-refractivity contribution in [2.45, 2.75) is 31.7 Å². The van der Waals surface area contributed by atoms with E-state index < -0.39 is 0 Å². The molecule has 0 aromatic rings. The Morgan fingerprint density at radius 3 is 2.08 bits per heavy atom. The van der Waals surface area contributed by atoms with Crippen LogP contribution in [-0.4, -0.2) is 50.1 Å². The Morgan fingerprint density at radius 2 is 1.58 bits per heavy atom. The number of likely N-dealkylation sites (N-methyl/N-ethyl adjacent to an activating group) is 2. The van der Waals surface area contributed by atoms with Gasteiger partial charge in [-0.2, -0.15) is 0 Å². The molecule has 1 aliphatic carbocycles. The number of hydrogen-bond donors (Lipinski definition) is 0. The minimum absolute atomic E-state index is 0.880. The maximum absolute atomic E-state index is 2.52. The zero-order valence-electron chi connectivity index (χ0n) is 8.71. The standard InChI is InChI=1S/C10H22N2/c1-11(2)8-9-12(3)10-6-4-5-7-10/h10H,4-9H2,1-3H3. The molecular formula is C10H22N2. The van der Waals surface area contributed by atoms with Gasteiger partial charge >= 0.3 is 0 Å². The lowest BCUT2D eigenvalue weighted by molar-refractivity contribution is 0.219. The summed E-state index contributed by atoms with van der Waals surface area (Å²) in [5.41, 5.74) is 0. The second kappa shape index (κ2) is 4.83. The second-order valence-corrected chi connectivity index (χ2v) is 4.22. The number of hydrogen-bond acceptors (Lipinski definition) is 2. The molecular weight excluding hydrogens is 148 g/mol. The quantitative estimate of drug-likeness (QED) is 0.629. The second-order valence-electron chi connectivity index (χ2n) is 4.22. The third-order valence-corrected chi connectivity index (χ3v) is 2.85. The van der Waals surface area contributed by atoms with E-state index >= 15 is 0 Å². The van der Waals surface area contributed by atoms with Crippen LogP contribution in [0.2, 0.25) is 0 Å². The summed E-state index contributed by atoms with van der Waals surface area (Å²) in [5.74, 6) is 0. The van der Waals surface area contributed by atoms with Gasteiger partial charge in [-0.1, -0.05) is 12.8 Å². The van der Waals surface area contributed by atoms with Crippen molar-refractivity contribution in [2.24, 2.45) is 0 Å². The first-order valence-corrected chi connectivity index (χ1v) is 5.05. The van der Waals surface area contributed by atoms with E-state index in [4.69, 9.17) is 0 Å². The van der Waals surface area contributed by atoms with Crippen LogP contribution in [0.25, 0.3) is 0 Å². The van der Waals surface area contributed by atoms with Crippen molar-refractivity contribution in [3.05, 3.63) is 0 Å². The highest BCUT2D eigenvalue weighted by atomic mass is 15.2. The Hall–Kier alpha value is -0.0800. The first-order chi connectivity index (χ1) is 5.70. The molecule has 0 aliphatic heterocycles. The fraction of sp³-hybridized carbons (Fsp3) is 1.00. The van der Waals surface area contributed by atoms with Crippen molar-refractivity contribution < 1.29 is 0 Å². The van der Waals surface area contributed by atoms with Crippen LogP contribution < -0.4 is 0 Å². The molecule has 0 saturated heterocycles. The molecule has 0 aromatic heterocycles. The van der Waals surface area contributed by atoms with Crippen molar-refractivity contribution in [3.8, 4) is 0 Å². The molecule has 2 heteroatoms. The SMILES string of the molecule is CN(C)CCN(C)C1CCCC1. The maximum Gasteiger partial charge on any atom is 0.0109 e. The molecule has 1 rings (SSSR count). The van der Waals surface area contributed by atoms with Crippen LogP contribution in [0.1, 0.15) is 25.7 Å². The Kier molecular flexibility index (Phi) is 4.02. The molecule has 0 unspecified atom stereocenters. The Balaban J connectivity index is 2.13. The van der Waals surface area contributed by atoms with E-state index in [0.717, 1.165) is 6.04 Å².